The molecule has 1 atom stereocenters. The first-order chi connectivity index (χ1) is 9.44. The fraction of sp³-hybridized carbons (Fsp3) is 0.923. The minimum absolute atomic E-state index is 0.0162. The minimum Gasteiger partial charge on any atom is -0.383 e. The monoisotopic (exact) mass is 306 g/mol. The topological polar surface area (TPSA) is 75.7 Å². The highest BCUT2D eigenvalue weighted by molar-refractivity contribution is 7.89. The predicted octanol–water partition coefficient (Wildman–Crippen LogP) is 0.589. The van der Waals surface area contributed by atoms with Crippen LogP contribution in [0.2, 0.25) is 0 Å². The van der Waals surface area contributed by atoms with Gasteiger partial charge in [-0.2, -0.15) is 0 Å². The Hall–Kier alpha value is -0.660. The second-order valence-corrected chi connectivity index (χ2v) is 7.40. The number of rotatable bonds is 7. The molecule has 0 aromatic carbocycles. The van der Waals surface area contributed by atoms with E-state index in [1.54, 1.807) is 14.0 Å². The number of carbonyl (C=O) groups is 1. The van der Waals surface area contributed by atoms with Crippen molar-refractivity contribution in [1.82, 2.24) is 9.62 Å². The van der Waals surface area contributed by atoms with Crippen LogP contribution in [0.3, 0.4) is 0 Å². The summed E-state index contributed by atoms with van der Waals surface area (Å²) in [7, 11) is -1.51. The van der Waals surface area contributed by atoms with E-state index in [0.29, 0.717) is 32.5 Å². The molecule has 1 saturated heterocycles. The molecule has 1 aliphatic rings. The number of nitrogens with one attached hydrogen (secondary N) is 1. The van der Waals surface area contributed by atoms with Crippen LogP contribution >= 0.6 is 0 Å². The largest absolute Gasteiger partial charge is 0.383 e. The Kier molecular flexibility index (Phi) is 6.91. The zero-order chi connectivity index (χ0) is 15.2. The molecular weight excluding hydrogens is 280 g/mol. The number of carbonyl (C=O) groups excluding carboxylic acids is 1. The second kappa shape index (κ2) is 7.95. The first-order valence-electron chi connectivity index (χ1n) is 7.21. The molecule has 0 aromatic rings. The van der Waals surface area contributed by atoms with E-state index < -0.39 is 10.0 Å². The van der Waals surface area contributed by atoms with Crippen LogP contribution in [0.15, 0.2) is 0 Å². The molecule has 20 heavy (non-hydrogen) atoms. The number of methoxy groups -OCH3 is 1. The van der Waals surface area contributed by atoms with Crippen molar-refractivity contribution >= 4 is 15.9 Å². The maximum Gasteiger partial charge on any atom is 0.223 e. The van der Waals surface area contributed by atoms with Crippen LogP contribution in [0, 0.1) is 5.92 Å². The van der Waals surface area contributed by atoms with Gasteiger partial charge in [0.05, 0.1) is 18.4 Å². The summed E-state index contributed by atoms with van der Waals surface area (Å²) < 4.78 is 30.0. The van der Waals surface area contributed by atoms with Crippen molar-refractivity contribution in [3.63, 3.8) is 0 Å². The summed E-state index contributed by atoms with van der Waals surface area (Å²) in [6.45, 7) is 5.03. The number of hydrogen-bond donors (Lipinski definition) is 1. The lowest BCUT2D eigenvalue weighted by atomic mass is 9.97. The average molecular weight is 306 g/mol. The van der Waals surface area contributed by atoms with Gasteiger partial charge in [0.25, 0.3) is 0 Å². The van der Waals surface area contributed by atoms with E-state index in [-0.39, 0.29) is 23.6 Å². The molecule has 1 N–H and O–H groups in total. The van der Waals surface area contributed by atoms with Crippen LogP contribution in [0.1, 0.15) is 33.1 Å². The first kappa shape index (κ1) is 17.4. The third-order valence-corrected chi connectivity index (χ3v) is 5.67. The molecule has 0 saturated carbocycles. The Labute approximate surface area is 121 Å². The molecule has 1 unspecified atom stereocenters. The van der Waals surface area contributed by atoms with Crippen LogP contribution in [-0.4, -0.2) is 57.2 Å². The second-order valence-electron chi connectivity index (χ2n) is 5.14. The summed E-state index contributed by atoms with van der Waals surface area (Å²) in [5.74, 6) is 0.0435. The van der Waals surface area contributed by atoms with Crippen molar-refractivity contribution in [2.45, 2.75) is 39.2 Å². The Morgan fingerprint density at radius 2 is 1.95 bits per heavy atom. The SMILES string of the molecule is CCC(COC)NC(=O)C1CCN(S(=O)(=O)CC)CC1. The Balaban J connectivity index is 2.47. The van der Waals surface area contributed by atoms with E-state index in [4.69, 9.17) is 4.74 Å². The summed E-state index contributed by atoms with van der Waals surface area (Å²) >= 11 is 0. The molecular formula is C13H26N2O4S. The predicted molar refractivity (Wildman–Crippen MR) is 77.9 cm³/mol. The zero-order valence-corrected chi connectivity index (χ0v) is 13.4. The summed E-state index contributed by atoms with van der Waals surface area (Å²) in [6, 6.07) is 0.0323. The maximum atomic E-state index is 12.1. The van der Waals surface area contributed by atoms with E-state index in [0.717, 1.165) is 6.42 Å². The molecule has 1 fully saturated rings. The lowest BCUT2D eigenvalue weighted by Crippen LogP contribution is -2.46. The van der Waals surface area contributed by atoms with Crippen LogP contribution in [0.4, 0.5) is 0 Å². The highest BCUT2D eigenvalue weighted by atomic mass is 32.2. The Morgan fingerprint density at radius 3 is 2.40 bits per heavy atom. The lowest BCUT2D eigenvalue weighted by Gasteiger charge is -2.31. The first-order valence-corrected chi connectivity index (χ1v) is 8.82. The van der Waals surface area contributed by atoms with Gasteiger partial charge in [0.15, 0.2) is 0 Å². The van der Waals surface area contributed by atoms with Crippen LogP contribution in [-0.2, 0) is 19.6 Å². The average Bonchev–Trinajstić information content (AvgIpc) is 2.46. The standard InChI is InChI=1S/C13H26N2O4S/c1-4-12(10-19-3)14-13(16)11-6-8-15(9-7-11)20(17,18)5-2/h11-12H,4-10H2,1-3H3,(H,14,16). The van der Waals surface area contributed by atoms with Gasteiger partial charge in [-0.15, -0.1) is 0 Å². The number of sulfonamides is 1. The van der Waals surface area contributed by atoms with Gasteiger partial charge < -0.3 is 10.1 Å². The third kappa shape index (κ3) is 4.71. The minimum atomic E-state index is -3.13. The number of piperidine rings is 1. The number of nitrogens with zero attached hydrogens (tertiary/aromatic N) is 1. The molecule has 7 heteroatoms. The van der Waals surface area contributed by atoms with Gasteiger partial charge in [-0.05, 0) is 26.2 Å². The molecule has 1 heterocycles. The third-order valence-electron chi connectivity index (χ3n) is 3.79. The molecule has 1 rings (SSSR count). The molecule has 0 spiro atoms. The summed E-state index contributed by atoms with van der Waals surface area (Å²) in [6.07, 6.45) is 2.01. The van der Waals surface area contributed by atoms with Crippen LogP contribution < -0.4 is 5.32 Å². The lowest BCUT2D eigenvalue weighted by molar-refractivity contribution is -0.127. The van der Waals surface area contributed by atoms with Gasteiger partial charge in [0, 0.05) is 26.1 Å². The van der Waals surface area contributed by atoms with Gasteiger partial charge in [-0.25, -0.2) is 12.7 Å². The van der Waals surface area contributed by atoms with Gasteiger partial charge >= 0.3 is 0 Å². The molecule has 0 bridgehead atoms. The smallest absolute Gasteiger partial charge is 0.223 e. The quantitative estimate of drug-likeness (QED) is 0.747. The van der Waals surface area contributed by atoms with Crippen molar-refractivity contribution in [3.8, 4) is 0 Å². The van der Waals surface area contributed by atoms with Gasteiger partial charge in [0.2, 0.25) is 15.9 Å². The Morgan fingerprint density at radius 1 is 1.35 bits per heavy atom. The van der Waals surface area contributed by atoms with E-state index in [1.165, 1.54) is 4.31 Å². The van der Waals surface area contributed by atoms with E-state index >= 15 is 0 Å². The van der Waals surface area contributed by atoms with E-state index in [9.17, 15) is 13.2 Å². The molecule has 0 aromatic heterocycles. The number of hydrogen-bond acceptors (Lipinski definition) is 4. The van der Waals surface area contributed by atoms with E-state index in [2.05, 4.69) is 5.32 Å². The summed E-state index contributed by atoms with van der Waals surface area (Å²) in [4.78, 5) is 12.1. The number of ether oxygens (including phenoxy) is 1. The molecule has 1 amide bonds. The highest BCUT2D eigenvalue weighted by Crippen LogP contribution is 2.20. The van der Waals surface area contributed by atoms with E-state index in [1.807, 2.05) is 6.92 Å². The molecule has 118 valence electrons. The number of amides is 1. The molecule has 0 aliphatic carbocycles. The van der Waals surface area contributed by atoms with Crippen molar-refractivity contribution in [1.29, 1.82) is 0 Å². The van der Waals surface area contributed by atoms with Crippen molar-refractivity contribution in [2.24, 2.45) is 5.92 Å². The van der Waals surface area contributed by atoms with Gasteiger partial charge in [-0.3, -0.25) is 4.79 Å². The van der Waals surface area contributed by atoms with Crippen molar-refractivity contribution < 1.29 is 17.9 Å². The summed E-state index contributed by atoms with van der Waals surface area (Å²) in [5, 5.41) is 2.97. The van der Waals surface area contributed by atoms with Crippen molar-refractivity contribution in [3.05, 3.63) is 0 Å². The fourth-order valence-electron chi connectivity index (χ4n) is 2.36. The van der Waals surface area contributed by atoms with Gasteiger partial charge in [0.1, 0.15) is 0 Å². The normalized spacial score (nSPS) is 19.8. The van der Waals surface area contributed by atoms with Gasteiger partial charge in [-0.1, -0.05) is 6.92 Å². The molecule has 0 radical (unpaired) electrons. The van der Waals surface area contributed by atoms with Crippen LogP contribution in [0.5, 0.6) is 0 Å². The molecule has 6 nitrogen and oxygen atoms in total. The Bertz CT molecular complexity index is 403. The summed E-state index contributed by atoms with van der Waals surface area (Å²) in [5.41, 5.74) is 0. The molecule has 1 aliphatic heterocycles. The highest BCUT2D eigenvalue weighted by Gasteiger charge is 2.30. The van der Waals surface area contributed by atoms with Crippen LogP contribution in [0.25, 0.3) is 0 Å². The maximum absolute atomic E-state index is 12.1. The zero-order valence-electron chi connectivity index (χ0n) is 12.6. The van der Waals surface area contributed by atoms with Crippen molar-refractivity contribution in [2.75, 3.05) is 32.6 Å². The fourth-order valence-corrected chi connectivity index (χ4v) is 3.49.